The van der Waals surface area contributed by atoms with Gasteiger partial charge in [0.15, 0.2) is 0 Å². The molecule has 2 N–H and O–H groups in total. The first kappa shape index (κ1) is 9.18. The zero-order chi connectivity index (χ0) is 10.5. The maximum absolute atomic E-state index is 11.5. The third kappa shape index (κ3) is 0.981. The van der Waals surface area contributed by atoms with Gasteiger partial charge in [-0.15, -0.1) is 0 Å². The van der Waals surface area contributed by atoms with E-state index in [1.165, 1.54) is 0 Å². The number of carbonyl (C=O) groups is 3. The Hall–Kier alpha value is -1.39. The molecule has 0 amide bonds. The second-order valence-electron chi connectivity index (χ2n) is 3.92. The SMILES string of the molecule is O=C(O)[C@@H]1[C@H](C(=O)O)[C@@H]2CC[C@H]1C2=O. The highest BCUT2D eigenvalue weighted by molar-refractivity contribution is 5.99. The van der Waals surface area contributed by atoms with Crippen LogP contribution in [0.1, 0.15) is 12.8 Å². The van der Waals surface area contributed by atoms with Gasteiger partial charge in [0.05, 0.1) is 11.8 Å². The van der Waals surface area contributed by atoms with Crippen LogP contribution >= 0.6 is 0 Å². The minimum absolute atomic E-state index is 0.162. The maximum atomic E-state index is 11.5. The minimum atomic E-state index is -1.15. The van der Waals surface area contributed by atoms with Crippen molar-refractivity contribution in [2.24, 2.45) is 23.7 Å². The summed E-state index contributed by atoms with van der Waals surface area (Å²) in [6, 6.07) is 0. The van der Waals surface area contributed by atoms with E-state index in [9.17, 15) is 14.4 Å². The quantitative estimate of drug-likeness (QED) is 0.651. The van der Waals surface area contributed by atoms with Crippen molar-refractivity contribution in [2.45, 2.75) is 12.8 Å². The van der Waals surface area contributed by atoms with E-state index < -0.39 is 35.6 Å². The molecule has 4 atom stereocenters. The number of ketones is 1. The van der Waals surface area contributed by atoms with Crippen LogP contribution in [0.2, 0.25) is 0 Å². The van der Waals surface area contributed by atoms with Crippen molar-refractivity contribution in [1.29, 1.82) is 0 Å². The average Bonchev–Trinajstić information content (AvgIpc) is 2.58. The first-order chi connectivity index (χ1) is 6.54. The Morgan fingerprint density at radius 3 is 1.64 bits per heavy atom. The topological polar surface area (TPSA) is 91.7 Å². The Morgan fingerprint density at radius 1 is 1.00 bits per heavy atom. The van der Waals surface area contributed by atoms with E-state index >= 15 is 0 Å². The molecule has 14 heavy (non-hydrogen) atoms. The molecule has 2 fully saturated rings. The maximum Gasteiger partial charge on any atom is 0.308 e. The number of Topliss-reactive ketones (excluding diaryl/α,β-unsaturated/α-hetero) is 1. The molecule has 0 heterocycles. The zero-order valence-corrected chi connectivity index (χ0v) is 7.34. The number of carboxylic acids is 2. The number of rotatable bonds is 2. The number of hydrogen-bond acceptors (Lipinski definition) is 3. The fourth-order valence-corrected chi connectivity index (χ4v) is 2.78. The Morgan fingerprint density at radius 2 is 1.36 bits per heavy atom. The lowest BCUT2D eigenvalue weighted by atomic mass is 9.79. The first-order valence-electron chi connectivity index (χ1n) is 4.53. The van der Waals surface area contributed by atoms with Crippen LogP contribution < -0.4 is 0 Å². The van der Waals surface area contributed by atoms with E-state index in [0.29, 0.717) is 12.8 Å². The van der Waals surface area contributed by atoms with Crippen molar-refractivity contribution < 1.29 is 24.6 Å². The van der Waals surface area contributed by atoms with Crippen molar-refractivity contribution in [1.82, 2.24) is 0 Å². The fraction of sp³-hybridized carbons (Fsp3) is 0.667. The number of carbonyl (C=O) groups excluding carboxylic acids is 1. The van der Waals surface area contributed by atoms with Gasteiger partial charge in [0, 0.05) is 11.8 Å². The highest BCUT2D eigenvalue weighted by atomic mass is 16.4. The molecule has 76 valence electrons. The summed E-state index contributed by atoms with van der Waals surface area (Å²) < 4.78 is 0. The van der Waals surface area contributed by atoms with Crippen molar-refractivity contribution in [3.8, 4) is 0 Å². The summed E-state index contributed by atoms with van der Waals surface area (Å²) >= 11 is 0. The van der Waals surface area contributed by atoms with Gasteiger partial charge in [0.25, 0.3) is 0 Å². The van der Waals surface area contributed by atoms with Gasteiger partial charge in [-0.3, -0.25) is 14.4 Å². The summed E-state index contributed by atoms with van der Waals surface area (Å²) in [5.74, 6) is -5.59. The Bertz CT molecular complexity index is 291. The molecular formula is C9H10O5. The van der Waals surface area contributed by atoms with E-state index in [0.717, 1.165) is 0 Å². The van der Waals surface area contributed by atoms with Gasteiger partial charge in [-0.1, -0.05) is 0 Å². The standard InChI is InChI=1S/C9H10O5/c10-7-3-1-2-4(7)6(9(13)14)5(3)8(11)12/h3-6H,1-2H2,(H,11,12)(H,13,14)/t3-,4+,5+,6-. The van der Waals surface area contributed by atoms with Gasteiger partial charge in [-0.2, -0.15) is 0 Å². The van der Waals surface area contributed by atoms with Gasteiger partial charge in [0.1, 0.15) is 5.78 Å². The number of fused-ring (bicyclic) bond motifs is 2. The van der Waals surface area contributed by atoms with Crippen LogP contribution in [0.15, 0.2) is 0 Å². The molecule has 0 spiro atoms. The van der Waals surface area contributed by atoms with Gasteiger partial charge < -0.3 is 10.2 Å². The molecule has 2 saturated carbocycles. The number of aliphatic carboxylic acids is 2. The normalized spacial score (nSPS) is 40.1. The van der Waals surface area contributed by atoms with Crippen LogP contribution in [0, 0.1) is 23.7 Å². The minimum Gasteiger partial charge on any atom is -0.481 e. The third-order valence-corrected chi connectivity index (χ3v) is 3.34. The lowest BCUT2D eigenvalue weighted by Gasteiger charge is -2.22. The van der Waals surface area contributed by atoms with Crippen LogP contribution in [-0.2, 0) is 14.4 Å². The van der Waals surface area contributed by atoms with Crippen molar-refractivity contribution in [3.63, 3.8) is 0 Å². The molecule has 5 nitrogen and oxygen atoms in total. The Labute approximate surface area is 79.7 Å². The van der Waals surface area contributed by atoms with Crippen LogP contribution in [0.3, 0.4) is 0 Å². The summed E-state index contributed by atoms with van der Waals surface area (Å²) in [7, 11) is 0. The van der Waals surface area contributed by atoms with E-state index in [4.69, 9.17) is 10.2 Å². The number of carboxylic acid groups (broad SMARTS) is 2. The second-order valence-corrected chi connectivity index (χ2v) is 3.92. The summed E-state index contributed by atoms with van der Waals surface area (Å²) in [6.45, 7) is 0. The van der Waals surface area contributed by atoms with E-state index in [1.54, 1.807) is 0 Å². The molecule has 2 aliphatic carbocycles. The van der Waals surface area contributed by atoms with E-state index in [2.05, 4.69) is 0 Å². The van der Waals surface area contributed by atoms with Crippen molar-refractivity contribution in [2.75, 3.05) is 0 Å². The van der Waals surface area contributed by atoms with Crippen LogP contribution in [0.25, 0.3) is 0 Å². The zero-order valence-electron chi connectivity index (χ0n) is 7.34. The van der Waals surface area contributed by atoms with E-state index in [-0.39, 0.29) is 5.78 Å². The molecule has 2 aliphatic rings. The smallest absolute Gasteiger partial charge is 0.308 e. The first-order valence-corrected chi connectivity index (χ1v) is 4.53. The summed E-state index contributed by atoms with van der Waals surface area (Å²) in [5, 5.41) is 17.7. The lowest BCUT2D eigenvalue weighted by Crippen LogP contribution is -2.34. The van der Waals surface area contributed by atoms with Crippen LogP contribution in [-0.4, -0.2) is 27.9 Å². The average molecular weight is 198 g/mol. The highest BCUT2D eigenvalue weighted by Crippen LogP contribution is 2.49. The Balaban J connectivity index is 2.36. The van der Waals surface area contributed by atoms with Crippen LogP contribution in [0.4, 0.5) is 0 Å². The molecule has 2 bridgehead atoms. The summed E-state index contributed by atoms with van der Waals surface area (Å²) in [5.41, 5.74) is 0. The lowest BCUT2D eigenvalue weighted by molar-refractivity contribution is -0.156. The van der Waals surface area contributed by atoms with Crippen LogP contribution in [0.5, 0.6) is 0 Å². The molecule has 0 saturated heterocycles. The summed E-state index contributed by atoms with van der Waals surface area (Å²) in [4.78, 5) is 33.1. The van der Waals surface area contributed by atoms with Crippen molar-refractivity contribution in [3.05, 3.63) is 0 Å². The fourth-order valence-electron chi connectivity index (χ4n) is 2.78. The molecule has 0 radical (unpaired) electrons. The molecule has 0 unspecified atom stereocenters. The predicted octanol–water partition coefficient (Wildman–Crippen LogP) is -0.00310. The monoisotopic (exact) mass is 198 g/mol. The second kappa shape index (κ2) is 2.80. The van der Waals surface area contributed by atoms with E-state index in [1.807, 2.05) is 0 Å². The molecule has 0 aromatic rings. The third-order valence-electron chi connectivity index (χ3n) is 3.34. The van der Waals surface area contributed by atoms with Crippen molar-refractivity contribution >= 4 is 17.7 Å². The van der Waals surface area contributed by atoms with Gasteiger partial charge in [0.2, 0.25) is 0 Å². The predicted molar refractivity (Wildman–Crippen MR) is 43.5 cm³/mol. The highest BCUT2D eigenvalue weighted by Gasteiger charge is 2.59. The molecule has 0 aromatic carbocycles. The van der Waals surface area contributed by atoms with Gasteiger partial charge in [-0.25, -0.2) is 0 Å². The largest absolute Gasteiger partial charge is 0.481 e. The summed E-state index contributed by atoms with van der Waals surface area (Å²) in [6.07, 6.45) is 1.06. The molecule has 2 rings (SSSR count). The molecule has 0 aliphatic heterocycles. The number of hydrogen-bond donors (Lipinski definition) is 2. The Kier molecular flexibility index (Phi) is 1.83. The van der Waals surface area contributed by atoms with Gasteiger partial charge in [-0.05, 0) is 12.8 Å². The van der Waals surface area contributed by atoms with Gasteiger partial charge >= 0.3 is 11.9 Å². The molecular weight excluding hydrogens is 188 g/mol. The molecule has 5 heteroatoms. The molecule has 0 aromatic heterocycles.